The van der Waals surface area contributed by atoms with Gasteiger partial charge >= 0.3 is 5.97 Å². The molecule has 1 amide bonds. The van der Waals surface area contributed by atoms with Crippen LogP contribution in [0, 0.1) is 0 Å². The standard InChI is InChI=1S/C18H14N2O5S/c1-25-14-8-10(6-7-13(14)21)9-15-16(22)20-18(26-15)19-12-5-3-2-4-11(12)17(23)24/h2-9,21H,1H3,(H,23,24)(H,19,20,22). The van der Waals surface area contributed by atoms with E-state index in [-0.39, 0.29) is 22.9 Å². The number of para-hydroxylation sites is 1. The molecule has 0 spiro atoms. The normalized spacial score (nSPS) is 16.7. The van der Waals surface area contributed by atoms with Crippen molar-refractivity contribution < 1.29 is 24.5 Å². The number of carboxylic acids is 1. The SMILES string of the molecule is COc1cc(C=C2SC(=Nc3ccccc3C(=O)O)NC2=O)ccc1O. The zero-order chi connectivity index (χ0) is 18.7. The second-order valence-electron chi connectivity index (χ2n) is 5.24. The molecule has 2 aromatic carbocycles. The fourth-order valence-electron chi connectivity index (χ4n) is 2.28. The largest absolute Gasteiger partial charge is 0.504 e. The van der Waals surface area contributed by atoms with Crippen LogP contribution in [-0.2, 0) is 4.79 Å². The van der Waals surface area contributed by atoms with Crippen molar-refractivity contribution in [2.75, 3.05) is 7.11 Å². The van der Waals surface area contributed by atoms with Gasteiger partial charge < -0.3 is 20.3 Å². The molecular formula is C18H14N2O5S. The van der Waals surface area contributed by atoms with E-state index >= 15 is 0 Å². The van der Waals surface area contributed by atoms with Gasteiger partial charge in [-0.2, -0.15) is 0 Å². The number of thioether (sulfide) groups is 1. The second kappa shape index (κ2) is 7.32. The molecule has 0 aromatic heterocycles. The lowest BCUT2D eigenvalue weighted by molar-refractivity contribution is -0.115. The number of nitrogens with one attached hydrogen (secondary N) is 1. The third-order valence-corrected chi connectivity index (χ3v) is 4.42. The van der Waals surface area contributed by atoms with Crippen LogP contribution in [0.1, 0.15) is 15.9 Å². The van der Waals surface area contributed by atoms with Gasteiger partial charge in [0.15, 0.2) is 16.7 Å². The third-order valence-electron chi connectivity index (χ3n) is 3.51. The van der Waals surface area contributed by atoms with E-state index in [1.807, 2.05) is 0 Å². The summed E-state index contributed by atoms with van der Waals surface area (Å²) in [6.45, 7) is 0. The molecule has 26 heavy (non-hydrogen) atoms. The highest BCUT2D eigenvalue weighted by molar-refractivity contribution is 8.18. The third kappa shape index (κ3) is 3.70. The van der Waals surface area contributed by atoms with Crippen molar-refractivity contribution >= 4 is 40.6 Å². The van der Waals surface area contributed by atoms with E-state index in [0.717, 1.165) is 11.8 Å². The minimum Gasteiger partial charge on any atom is -0.504 e. The van der Waals surface area contributed by atoms with E-state index in [1.165, 1.54) is 19.2 Å². The Morgan fingerprint density at radius 1 is 1.27 bits per heavy atom. The van der Waals surface area contributed by atoms with E-state index < -0.39 is 5.97 Å². The summed E-state index contributed by atoms with van der Waals surface area (Å²) in [6.07, 6.45) is 1.63. The predicted octanol–water partition coefficient (Wildman–Crippen LogP) is 2.99. The molecule has 3 rings (SSSR count). The highest BCUT2D eigenvalue weighted by Crippen LogP contribution is 2.32. The van der Waals surface area contributed by atoms with Crippen molar-refractivity contribution in [2.45, 2.75) is 0 Å². The van der Waals surface area contributed by atoms with Crippen LogP contribution >= 0.6 is 11.8 Å². The Morgan fingerprint density at radius 3 is 2.77 bits per heavy atom. The molecule has 7 nitrogen and oxygen atoms in total. The quantitative estimate of drug-likeness (QED) is 0.714. The number of rotatable bonds is 4. The summed E-state index contributed by atoms with van der Waals surface area (Å²) < 4.78 is 5.05. The molecule has 2 aromatic rings. The Balaban J connectivity index is 1.88. The number of aromatic carboxylic acids is 1. The molecule has 0 aliphatic carbocycles. The Labute approximate surface area is 153 Å². The van der Waals surface area contributed by atoms with Gasteiger partial charge in [-0.15, -0.1) is 0 Å². The molecule has 1 aliphatic heterocycles. The average molecular weight is 370 g/mol. The molecule has 0 bridgehead atoms. The first-order chi connectivity index (χ1) is 12.5. The van der Waals surface area contributed by atoms with Gasteiger partial charge in [-0.25, -0.2) is 9.79 Å². The van der Waals surface area contributed by atoms with Crippen molar-refractivity contribution in [1.82, 2.24) is 5.32 Å². The first-order valence-electron chi connectivity index (χ1n) is 7.47. The number of amides is 1. The van der Waals surface area contributed by atoms with E-state index in [2.05, 4.69) is 10.3 Å². The second-order valence-corrected chi connectivity index (χ2v) is 6.27. The molecule has 0 saturated carbocycles. The Morgan fingerprint density at radius 2 is 2.04 bits per heavy atom. The lowest BCUT2D eigenvalue weighted by Crippen LogP contribution is -2.19. The van der Waals surface area contributed by atoms with Gasteiger partial charge in [-0.1, -0.05) is 18.2 Å². The summed E-state index contributed by atoms with van der Waals surface area (Å²) >= 11 is 1.10. The zero-order valence-electron chi connectivity index (χ0n) is 13.6. The summed E-state index contributed by atoms with van der Waals surface area (Å²) in [5.41, 5.74) is 0.982. The number of phenolic OH excluding ortho intramolecular Hbond substituents is 1. The van der Waals surface area contributed by atoms with Crippen molar-refractivity contribution in [3.63, 3.8) is 0 Å². The summed E-state index contributed by atoms with van der Waals surface area (Å²) in [7, 11) is 1.44. The molecule has 3 N–H and O–H groups in total. The Kier molecular flexibility index (Phi) is 4.94. The number of aliphatic imine (C=N–C) groups is 1. The summed E-state index contributed by atoms with van der Waals surface area (Å²) in [5, 5.41) is 21.7. The number of aromatic hydroxyl groups is 1. The maximum absolute atomic E-state index is 12.1. The summed E-state index contributed by atoms with van der Waals surface area (Å²) in [6, 6.07) is 11.0. The highest BCUT2D eigenvalue weighted by Gasteiger charge is 2.24. The molecule has 0 atom stereocenters. The van der Waals surface area contributed by atoms with Gasteiger partial charge in [-0.05, 0) is 47.7 Å². The Hall–Kier alpha value is -3.26. The van der Waals surface area contributed by atoms with Gasteiger partial charge in [-0.3, -0.25) is 4.79 Å². The molecule has 1 fully saturated rings. The maximum atomic E-state index is 12.1. The number of hydrogen-bond acceptors (Lipinski definition) is 6. The number of hydrogen-bond donors (Lipinski definition) is 3. The van der Waals surface area contributed by atoms with Crippen LogP contribution < -0.4 is 10.1 Å². The van der Waals surface area contributed by atoms with Gasteiger partial charge in [0.2, 0.25) is 0 Å². The minimum absolute atomic E-state index is 0.00528. The first-order valence-corrected chi connectivity index (χ1v) is 8.28. The van der Waals surface area contributed by atoms with Gasteiger partial charge in [0.1, 0.15) is 0 Å². The van der Waals surface area contributed by atoms with Crippen molar-refractivity contribution in [3.8, 4) is 11.5 Å². The van der Waals surface area contributed by atoms with E-state index in [4.69, 9.17) is 4.74 Å². The van der Waals surface area contributed by atoms with Gasteiger partial charge in [0.25, 0.3) is 5.91 Å². The van der Waals surface area contributed by atoms with E-state index in [0.29, 0.717) is 21.4 Å². The number of benzene rings is 2. The van der Waals surface area contributed by atoms with Crippen LogP contribution in [0.5, 0.6) is 11.5 Å². The van der Waals surface area contributed by atoms with Crippen LogP contribution in [0.25, 0.3) is 6.08 Å². The fourth-order valence-corrected chi connectivity index (χ4v) is 3.11. The summed E-state index contributed by atoms with van der Waals surface area (Å²) in [4.78, 5) is 28.0. The van der Waals surface area contributed by atoms with Crippen molar-refractivity contribution in [2.24, 2.45) is 4.99 Å². The molecule has 132 valence electrons. The van der Waals surface area contributed by atoms with Crippen LogP contribution in [0.3, 0.4) is 0 Å². The summed E-state index contributed by atoms with van der Waals surface area (Å²) in [5.74, 6) is -1.13. The zero-order valence-corrected chi connectivity index (χ0v) is 14.4. The smallest absolute Gasteiger partial charge is 0.337 e. The number of carbonyl (C=O) groups is 2. The first kappa shape index (κ1) is 17.6. The molecule has 1 heterocycles. The van der Waals surface area contributed by atoms with E-state index in [9.17, 15) is 19.8 Å². The number of carboxylic acid groups (broad SMARTS) is 1. The van der Waals surface area contributed by atoms with Crippen LogP contribution in [0.2, 0.25) is 0 Å². The molecule has 0 radical (unpaired) electrons. The molecule has 0 unspecified atom stereocenters. The van der Waals surface area contributed by atoms with Crippen LogP contribution in [-0.4, -0.2) is 34.4 Å². The lowest BCUT2D eigenvalue weighted by Gasteiger charge is -2.04. The predicted molar refractivity (Wildman–Crippen MR) is 98.9 cm³/mol. The lowest BCUT2D eigenvalue weighted by atomic mass is 10.2. The van der Waals surface area contributed by atoms with Crippen LogP contribution in [0.15, 0.2) is 52.4 Å². The number of nitrogens with zero attached hydrogens (tertiary/aromatic N) is 1. The Bertz CT molecular complexity index is 952. The average Bonchev–Trinajstić information content (AvgIpc) is 2.96. The van der Waals surface area contributed by atoms with E-state index in [1.54, 1.807) is 36.4 Å². The number of phenols is 1. The number of ether oxygens (including phenoxy) is 1. The molecule has 1 saturated heterocycles. The molecule has 1 aliphatic rings. The number of carbonyl (C=O) groups excluding carboxylic acids is 1. The fraction of sp³-hybridized carbons (Fsp3) is 0.0556. The number of amidine groups is 1. The molecular weight excluding hydrogens is 356 g/mol. The van der Waals surface area contributed by atoms with Gasteiger partial charge in [0, 0.05) is 0 Å². The van der Waals surface area contributed by atoms with Crippen molar-refractivity contribution in [1.29, 1.82) is 0 Å². The molecule has 8 heteroatoms. The van der Waals surface area contributed by atoms with Crippen molar-refractivity contribution in [3.05, 3.63) is 58.5 Å². The maximum Gasteiger partial charge on any atom is 0.337 e. The topological polar surface area (TPSA) is 108 Å². The highest BCUT2D eigenvalue weighted by atomic mass is 32.2. The van der Waals surface area contributed by atoms with Crippen LogP contribution in [0.4, 0.5) is 5.69 Å². The monoisotopic (exact) mass is 370 g/mol. The van der Waals surface area contributed by atoms with Gasteiger partial charge in [0.05, 0.1) is 23.3 Å². The minimum atomic E-state index is -1.09. The number of methoxy groups -OCH3 is 1.